The Kier molecular flexibility index (Phi) is 5.44. The first kappa shape index (κ1) is 20.5. The Hall–Kier alpha value is -2.45. The molecule has 2 saturated heterocycles. The van der Waals surface area contributed by atoms with Crippen LogP contribution in [0.25, 0.3) is 0 Å². The van der Waals surface area contributed by atoms with Gasteiger partial charge in [-0.25, -0.2) is 9.37 Å². The van der Waals surface area contributed by atoms with Crippen molar-refractivity contribution in [2.45, 2.75) is 37.6 Å². The number of nitrogens with zero attached hydrogens (tertiary/aromatic N) is 3. The van der Waals surface area contributed by atoms with Crippen molar-refractivity contribution >= 4 is 5.95 Å². The topological polar surface area (TPSA) is 70.7 Å². The second-order valence-corrected chi connectivity index (χ2v) is 8.83. The van der Waals surface area contributed by atoms with Crippen molar-refractivity contribution in [1.82, 2.24) is 14.9 Å². The van der Waals surface area contributed by atoms with Gasteiger partial charge in [0.05, 0.1) is 26.0 Å². The van der Waals surface area contributed by atoms with Gasteiger partial charge < -0.3 is 14.4 Å². The zero-order chi connectivity index (χ0) is 21.4. The highest BCUT2D eigenvalue weighted by molar-refractivity contribution is 5.40. The number of likely N-dealkylation sites (tertiary alicyclic amines) is 1. The van der Waals surface area contributed by atoms with Gasteiger partial charge in [0.2, 0.25) is 5.95 Å². The molecule has 1 aromatic carbocycles. The number of ether oxygens (including phenoxy) is 2. The number of anilines is 1. The highest BCUT2D eigenvalue weighted by Gasteiger charge is 2.44. The summed E-state index contributed by atoms with van der Waals surface area (Å²) in [5.74, 6) is 1.15. The molecular weight excluding hydrogens is 399 g/mol. The third kappa shape index (κ3) is 3.83. The summed E-state index contributed by atoms with van der Waals surface area (Å²) in [5, 5.41) is 0. The molecule has 0 unspecified atom stereocenters. The quantitative estimate of drug-likeness (QED) is 0.806. The number of rotatable bonds is 4. The summed E-state index contributed by atoms with van der Waals surface area (Å²) in [6.07, 6.45) is 3.62. The van der Waals surface area contributed by atoms with Crippen LogP contribution in [0.5, 0.6) is 5.75 Å². The molecule has 166 valence electrons. The second kappa shape index (κ2) is 8.24. The Morgan fingerprint density at radius 2 is 1.97 bits per heavy atom. The van der Waals surface area contributed by atoms with E-state index in [-0.39, 0.29) is 16.8 Å². The van der Waals surface area contributed by atoms with Crippen molar-refractivity contribution in [2.75, 3.05) is 51.4 Å². The Morgan fingerprint density at radius 3 is 2.71 bits per heavy atom. The van der Waals surface area contributed by atoms with Gasteiger partial charge in [-0.15, -0.1) is 0 Å². The van der Waals surface area contributed by atoms with E-state index in [2.05, 4.69) is 14.8 Å². The van der Waals surface area contributed by atoms with Crippen LogP contribution in [0.4, 0.5) is 10.3 Å². The number of morpholine rings is 1. The predicted molar refractivity (Wildman–Crippen MR) is 115 cm³/mol. The van der Waals surface area contributed by atoms with E-state index < -0.39 is 0 Å². The largest absolute Gasteiger partial charge is 0.497 e. The Balaban J connectivity index is 1.34. The molecule has 1 aromatic heterocycles. The number of aromatic amines is 1. The van der Waals surface area contributed by atoms with Gasteiger partial charge in [0.1, 0.15) is 11.6 Å². The minimum Gasteiger partial charge on any atom is -0.497 e. The molecule has 2 aromatic rings. The van der Waals surface area contributed by atoms with Crippen LogP contribution in [0.1, 0.15) is 36.1 Å². The standard InChI is InChI=1S/C23H29FN4O3/c1-30-17-2-3-19(24)16(14-17)15-27-8-6-23(7-9-27)5-4-18-20(23)25-22(26-21(18)29)28-10-12-31-13-11-28/h2-3,14H,4-13,15H2,1H3,(H,25,26,29). The smallest absolute Gasteiger partial charge is 0.255 e. The number of fused-ring (bicyclic) bond motifs is 2. The van der Waals surface area contributed by atoms with Gasteiger partial charge in [0, 0.05) is 36.2 Å². The molecule has 5 rings (SSSR count). The van der Waals surface area contributed by atoms with Crippen molar-refractivity contribution < 1.29 is 13.9 Å². The number of halogens is 1. The van der Waals surface area contributed by atoms with Crippen LogP contribution in [-0.4, -0.2) is 61.4 Å². The lowest BCUT2D eigenvalue weighted by Gasteiger charge is -2.39. The molecule has 2 fully saturated rings. The first-order valence-corrected chi connectivity index (χ1v) is 11.1. The minimum absolute atomic E-state index is 0.00393. The fourth-order valence-corrected chi connectivity index (χ4v) is 5.23. The summed E-state index contributed by atoms with van der Waals surface area (Å²) in [5.41, 5.74) is 2.46. The monoisotopic (exact) mass is 428 g/mol. The van der Waals surface area contributed by atoms with E-state index in [1.54, 1.807) is 19.2 Å². The lowest BCUT2D eigenvalue weighted by atomic mass is 9.76. The number of hydrogen-bond donors (Lipinski definition) is 1. The molecule has 8 heteroatoms. The van der Waals surface area contributed by atoms with Gasteiger partial charge in [-0.2, -0.15) is 0 Å². The average Bonchev–Trinajstić information content (AvgIpc) is 3.16. The van der Waals surface area contributed by atoms with Gasteiger partial charge in [-0.1, -0.05) is 0 Å². The highest BCUT2D eigenvalue weighted by atomic mass is 19.1. The molecule has 3 heterocycles. The average molecular weight is 429 g/mol. The molecule has 1 N–H and O–H groups in total. The Labute approximate surface area is 181 Å². The van der Waals surface area contributed by atoms with Crippen molar-refractivity contribution in [1.29, 1.82) is 0 Å². The van der Waals surface area contributed by atoms with Gasteiger partial charge in [0.25, 0.3) is 5.56 Å². The number of nitrogens with one attached hydrogen (secondary N) is 1. The van der Waals surface area contributed by atoms with Crippen LogP contribution >= 0.6 is 0 Å². The summed E-state index contributed by atoms with van der Waals surface area (Å²) in [7, 11) is 1.60. The number of aromatic nitrogens is 2. The fraction of sp³-hybridized carbons (Fsp3) is 0.565. The van der Waals surface area contributed by atoms with Crippen molar-refractivity contribution in [3.05, 3.63) is 51.2 Å². The summed E-state index contributed by atoms with van der Waals surface area (Å²) < 4.78 is 25.0. The molecule has 0 radical (unpaired) electrons. The minimum atomic E-state index is -0.198. The van der Waals surface area contributed by atoms with Gasteiger partial charge in [0.15, 0.2) is 0 Å². The van der Waals surface area contributed by atoms with Crippen LogP contribution in [0.15, 0.2) is 23.0 Å². The van der Waals surface area contributed by atoms with E-state index in [9.17, 15) is 9.18 Å². The van der Waals surface area contributed by atoms with Crippen molar-refractivity contribution in [3.63, 3.8) is 0 Å². The number of piperidine rings is 1. The maximum absolute atomic E-state index is 14.3. The van der Waals surface area contributed by atoms with Gasteiger partial charge in [-0.3, -0.25) is 14.7 Å². The third-order valence-corrected chi connectivity index (χ3v) is 7.13. The summed E-state index contributed by atoms with van der Waals surface area (Å²) >= 11 is 0. The van der Waals surface area contributed by atoms with E-state index in [4.69, 9.17) is 14.5 Å². The lowest BCUT2D eigenvalue weighted by Crippen LogP contribution is -2.43. The molecule has 2 aliphatic heterocycles. The van der Waals surface area contributed by atoms with Crippen molar-refractivity contribution in [2.24, 2.45) is 0 Å². The number of benzene rings is 1. The predicted octanol–water partition coefficient (Wildman–Crippen LogP) is 2.23. The first-order chi connectivity index (χ1) is 15.1. The molecule has 0 atom stereocenters. The Morgan fingerprint density at radius 1 is 1.19 bits per heavy atom. The van der Waals surface area contributed by atoms with E-state index in [0.717, 1.165) is 63.1 Å². The van der Waals surface area contributed by atoms with Crippen LogP contribution in [0.2, 0.25) is 0 Å². The fourth-order valence-electron chi connectivity index (χ4n) is 5.23. The van der Waals surface area contributed by atoms with Crippen LogP contribution in [0.3, 0.4) is 0 Å². The second-order valence-electron chi connectivity index (χ2n) is 8.83. The first-order valence-electron chi connectivity index (χ1n) is 11.1. The zero-order valence-electron chi connectivity index (χ0n) is 18.0. The van der Waals surface area contributed by atoms with Gasteiger partial charge in [-0.05, 0) is 57.0 Å². The number of H-pyrrole nitrogens is 1. The molecule has 0 bridgehead atoms. The normalized spacial score (nSPS) is 20.8. The molecular formula is C23H29FN4O3. The molecule has 31 heavy (non-hydrogen) atoms. The highest BCUT2D eigenvalue weighted by Crippen LogP contribution is 2.44. The van der Waals surface area contributed by atoms with E-state index in [0.29, 0.717) is 37.0 Å². The molecule has 0 amide bonds. The number of methoxy groups -OCH3 is 1. The van der Waals surface area contributed by atoms with Crippen LogP contribution < -0.4 is 15.2 Å². The maximum atomic E-state index is 14.3. The molecule has 7 nitrogen and oxygen atoms in total. The van der Waals surface area contributed by atoms with Crippen molar-refractivity contribution in [3.8, 4) is 5.75 Å². The molecule has 0 saturated carbocycles. The maximum Gasteiger partial charge on any atom is 0.255 e. The zero-order valence-corrected chi connectivity index (χ0v) is 18.0. The van der Waals surface area contributed by atoms with E-state index in [1.165, 1.54) is 6.07 Å². The Bertz CT molecular complexity index is 1010. The van der Waals surface area contributed by atoms with Crippen LogP contribution in [-0.2, 0) is 23.1 Å². The lowest BCUT2D eigenvalue weighted by molar-refractivity contribution is 0.121. The SMILES string of the molecule is COc1ccc(F)c(CN2CCC3(CCc4c3nc(N3CCOCC3)[nH]c4=O)CC2)c1. The summed E-state index contributed by atoms with van der Waals surface area (Å²) in [6, 6.07) is 4.89. The third-order valence-electron chi connectivity index (χ3n) is 7.13. The number of hydrogen-bond acceptors (Lipinski definition) is 6. The van der Waals surface area contributed by atoms with Gasteiger partial charge >= 0.3 is 0 Å². The summed E-state index contributed by atoms with van der Waals surface area (Å²) in [6.45, 7) is 5.08. The van der Waals surface area contributed by atoms with E-state index in [1.807, 2.05) is 0 Å². The summed E-state index contributed by atoms with van der Waals surface area (Å²) in [4.78, 5) is 25.2. The van der Waals surface area contributed by atoms with E-state index >= 15 is 0 Å². The molecule has 1 aliphatic carbocycles. The van der Waals surface area contributed by atoms with Crippen LogP contribution in [0, 0.1) is 5.82 Å². The molecule has 3 aliphatic rings. The molecule has 1 spiro atoms.